The van der Waals surface area contributed by atoms with Crippen LogP contribution >= 0.6 is 0 Å². The SMILES string of the molecule is CC1CC(C)(C)CC(=O)C1CCN1CCOCC1. The summed E-state index contributed by atoms with van der Waals surface area (Å²) in [5.41, 5.74) is 0.214. The number of rotatable bonds is 3. The summed E-state index contributed by atoms with van der Waals surface area (Å²) in [6.45, 7) is 11.5. The van der Waals surface area contributed by atoms with E-state index in [0.717, 1.165) is 45.7 Å². The van der Waals surface area contributed by atoms with Crippen LogP contribution in [0, 0.1) is 17.3 Å². The first kappa shape index (κ1) is 14.0. The van der Waals surface area contributed by atoms with E-state index in [0.29, 0.717) is 17.6 Å². The fourth-order valence-electron chi connectivity index (χ4n) is 3.60. The van der Waals surface area contributed by atoms with Gasteiger partial charge in [-0.15, -0.1) is 0 Å². The highest BCUT2D eigenvalue weighted by molar-refractivity contribution is 5.82. The van der Waals surface area contributed by atoms with Crippen molar-refractivity contribution < 1.29 is 9.53 Å². The Kier molecular flexibility index (Phi) is 4.44. The average Bonchev–Trinajstić information content (AvgIpc) is 2.27. The third-order valence-electron chi connectivity index (χ3n) is 4.49. The molecule has 2 aliphatic rings. The van der Waals surface area contributed by atoms with Crippen LogP contribution < -0.4 is 0 Å². The van der Waals surface area contributed by atoms with Crippen molar-refractivity contribution in [1.82, 2.24) is 4.90 Å². The molecule has 0 aromatic heterocycles. The molecule has 2 unspecified atom stereocenters. The van der Waals surface area contributed by atoms with Crippen LogP contribution in [0.1, 0.15) is 40.0 Å². The summed E-state index contributed by atoms with van der Waals surface area (Å²) in [5.74, 6) is 1.33. The molecule has 2 fully saturated rings. The maximum Gasteiger partial charge on any atom is 0.136 e. The maximum atomic E-state index is 12.2. The van der Waals surface area contributed by atoms with E-state index in [-0.39, 0.29) is 5.41 Å². The standard InChI is InChI=1S/C15H27NO2/c1-12-10-15(2,3)11-14(17)13(12)4-5-16-6-8-18-9-7-16/h12-13H,4-11H2,1-3H3. The molecule has 0 N–H and O–H groups in total. The number of Topliss-reactive ketones (excluding diaryl/α,β-unsaturated/α-hetero) is 1. The number of morpholine rings is 1. The predicted octanol–water partition coefficient (Wildman–Crippen LogP) is 2.35. The molecule has 0 aromatic carbocycles. The second-order valence-electron chi connectivity index (χ2n) is 6.84. The van der Waals surface area contributed by atoms with Gasteiger partial charge in [0.15, 0.2) is 0 Å². The fraction of sp³-hybridized carbons (Fsp3) is 0.933. The Morgan fingerprint density at radius 1 is 1.33 bits per heavy atom. The summed E-state index contributed by atoms with van der Waals surface area (Å²) in [6, 6.07) is 0. The lowest BCUT2D eigenvalue weighted by Crippen LogP contribution is -2.41. The van der Waals surface area contributed by atoms with E-state index in [1.54, 1.807) is 0 Å². The first-order valence-electron chi connectivity index (χ1n) is 7.31. The quantitative estimate of drug-likeness (QED) is 0.773. The summed E-state index contributed by atoms with van der Waals surface area (Å²) in [5, 5.41) is 0. The van der Waals surface area contributed by atoms with Gasteiger partial charge in [-0.25, -0.2) is 0 Å². The number of nitrogens with zero attached hydrogens (tertiary/aromatic N) is 1. The van der Waals surface area contributed by atoms with Crippen LogP contribution in [-0.2, 0) is 9.53 Å². The molecule has 2 rings (SSSR count). The van der Waals surface area contributed by atoms with Gasteiger partial charge in [-0.2, -0.15) is 0 Å². The van der Waals surface area contributed by atoms with Crippen LogP contribution in [0.25, 0.3) is 0 Å². The van der Waals surface area contributed by atoms with Crippen molar-refractivity contribution in [3.8, 4) is 0 Å². The van der Waals surface area contributed by atoms with Crippen LogP contribution in [-0.4, -0.2) is 43.5 Å². The van der Waals surface area contributed by atoms with E-state index in [2.05, 4.69) is 25.7 Å². The van der Waals surface area contributed by atoms with Gasteiger partial charge in [0.05, 0.1) is 13.2 Å². The van der Waals surface area contributed by atoms with E-state index >= 15 is 0 Å². The van der Waals surface area contributed by atoms with Crippen molar-refractivity contribution in [2.24, 2.45) is 17.3 Å². The van der Waals surface area contributed by atoms with E-state index in [9.17, 15) is 4.79 Å². The zero-order valence-electron chi connectivity index (χ0n) is 12.1. The molecule has 0 bridgehead atoms. The van der Waals surface area contributed by atoms with Crippen LogP contribution in [0.15, 0.2) is 0 Å². The van der Waals surface area contributed by atoms with Gasteiger partial charge in [-0.1, -0.05) is 20.8 Å². The van der Waals surface area contributed by atoms with E-state index in [4.69, 9.17) is 4.74 Å². The third-order valence-corrected chi connectivity index (χ3v) is 4.49. The van der Waals surface area contributed by atoms with E-state index in [1.165, 1.54) is 6.42 Å². The van der Waals surface area contributed by atoms with E-state index < -0.39 is 0 Å². The Morgan fingerprint density at radius 2 is 2.00 bits per heavy atom. The molecule has 18 heavy (non-hydrogen) atoms. The molecule has 1 aliphatic heterocycles. The second-order valence-corrected chi connectivity index (χ2v) is 6.84. The van der Waals surface area contributed by atoms with Gasteiger partial charge in [-0.05, 0) is 30.7 Å². The Labute approximate surface area is 111 Å². The van der Waals surface area contributed by atoms with Crippen molar-refractivity contribution >= 4 is 5.78 Å². The molecule has 1 aliphatic carbocycles. The van der Waals surface area contributed by atoms with Crippen LogP contribution in [0.4, 0.5) is 0 Å². The average molecular weight is 253 g/mol. The normalized spacial score (nSPS) is 33.6. The molecule has 3 nitrogen and oxygen atoms in total. The largest absolute Gasteiger partial charge is 0.379 e. The molecule has 0 radical (unpaired) electrons. The summed E-state index contributed by atoms with van der Waals surface area (Å²) < 4.78 is 5.35. The summed E-state index contributed by atoms with van der Waals surface area (Å²) >= 11 is 0. The first-order chi connectivity index (χ1) is 8.48. The van der Waals surface area contributed by atoms with E-state index in [1.807, 2.05) is 0 Å². The fourth-order valence-corrected chi connectivity index (χ4v) is 3.60. The monoisotopic (exact) mass is 253 g/mol. The Hall–Kier alpha value is -0.410. The Bertz CT molecular complexity index is 295. The van der Waals surface area contributed by atoms with Gasteiger partial charge >= 0.3 is 0 Å². The number of carbonyl (C=O) groups is 1. The molecular weight excluding hydrogens is 226 g/mol. The van der Waals surface area contributed by atoms with Gasteiger partial charge in [0.2, 0.25) is 0 Å². The van der Waals surface area contributed by atoms with Crippen molar-refractivity contribution in [3.05, 3.63) is 0 Å². The lowest BCUT2D eigenvalue weighted by atomic mass is 9.66. The first-order valence-corrected chi connectivity index (χ1v) is 7.31. The molecule has 0 aromatic rings. The predicted molar refractivity (Wildman–Crippen MR) is 72.6 cm³/mol. The summed E-state index contributed by atoms with van der Waals surface area (Å²) in [7, 11) is 0. The third kappa shape index (κ3) is 3.55. The zero-order valence-corrected chi connectivity index (χ0v) is 12.1. The van der Waals surface area contributed by atoms with Gasteiger partial charge in [0, 0.05) is 25.4 Å². The lowest BCUT2D eigenvalue weighted by molar-refractivity contribution is -0.130. The number of hydrogen-bond donors (Lipinski definition) is 0. The highest BCUT2D eigenvalue weighted by Crippen LogP contribution is 2.40. The Morgan fingerprint density at radius 3 is 2.61 bits per heavy atom. The smallest absolute Gasteiger partial charge is 0.136 e. The topological polar surface area (TPSA) is 29.5 Å². The highest BCUT2D eigenvalue weighted by atomic mass is 16.5. The zero-order chi connectivity index (χ0) is 13.2. The molecule has 1 saturated heterocycles. The molecule has 3 heteroatoms. The van der Waals surface area contributed by atoms with Gasteiger partial charge in [0.1, 0.15) is 5.78 Å². The minimum absolute atomic E-state index is 0.214. The minimum Gasteiger partial charge on any atom is -0.379 e. The van der Waals surface area contributed by atoms with Gasteiger partial charge in [0.25, 0.3) is 0 Å². The van der Waals surface area contributed by atoms with Crippen molar-refractivity contribution in [1.29, 1.82) is 0 Å². The van der Waals surface area contributed by atoms with Crippen LogP contribution in [0.2, 0.25) is 0 Å². The molecule has 2 atom stereocenters. The second kappa shape index (κ2) is 5.70. The van der Waals surface area contributed by atoms with Crippen LogP contribution in [0.3, 0.4) is 0 Å². The van der Waals surface area contributed by atoms with Gasteiger partial charge < -0.3 is 4.74 Å². The number of ether oxygens (including phenoxy) is 1. The molecule has 1 heterocycles. The minimum atomic E-state index is 0.214. The molecule has 0 amide bonds. The van der Waals surface area contributed by atoms with Crippen molar-refractivity contribution in [3.63, 3.8) is 0 Å². The number of ketones is 1. The molecule has 104 valence electrons. The molecule has 0 spiro atoms. The molecule has 1 saturated carbocycles. The number of carbonyl (C=O) groups excluding carboxylic acids is 1. The summed E-state index contributed by atoms with van der Waals surface area (Å²) in [4.78, 5) is 14.7. The molecular formula is C15H27NO2. The maximum absolute atomic E-state index is 12.2. The van der Waals surface area contributed by atoms with Crippen molar-refractivity contribution in [2.75, 3.05) is 32.8 Å². The highest BCUT2D eigenvalue weighted by Gasteiger charge is 2.38. The van der Waals surface area contributed by atoms with Crippen molar-refractivity contribution in [2.45, 2.75) is 40.0 Å². The Balaban J connectivity index is 1.83. The lowest BCUT2D eigenvalue weighted by Gasteiger charge is -2.39. The summed E-state index contributed by atoms with van der Waals surface area (Å²) in [6.07, 6.45) is 2.99. The number of hydrogen-bond acceptors (Lipinski definition) is 3. The van der Waals surface area contributed by atoms with Gasteiger partial charge in [-0.3, -0.25) is 9.69 Å². The van der Waals surface area contributed by atoms with Crippen LogP contribution in [0.5, 0.6) is 0 Å².